The van der Waals surface area contributed by atoms with Gasteiger partial charge in [-0.05, 0) is 40.9 Å². The first kappa shape index (κ1) is 20.1. The highest BCUT2D eigenvalue weighted by Crippen LogP contribution is 2.39. The molecule has 1 N–H and O–H groups in total. The lowest BCUT2D eigenvalue weighted by Gasteiger charge is -2.31. The summed E-state index contributed by atoms with van der Waals surface area (Å²) in [5.41, 5.74) is 2.70. The van der Waals surface area contributed by atoms with Gasteiger partial charge in [0.05, 0.1) is 0 Å². The number of aromatic hydroxyl groups is 1. The molecular formula is C22H38O. The van der Waals surface area contributed by atoms with Crippen molar-refractivity contribution in [2.75, 3.05) is 0 Å². The lowest BCUT2D eigenvalue weighted by atomic mass is 9.74. The molecule has 0 amide bonds. The van der Waals surface area contributed by atoms with Crippen LogP contribution in [0.25, 0.3) is 0 Å². The van der Waals surface area contributed by atoms with Crippen LogP contribution in [0, 0.1) is 0 Å². The number of phenolic OH excluding ortho intramolecular Hbond substituents is 1. The molecule has 23 heavy (non-hydrogen) atoms. The molecule has 0 fully saturated rings. The number of rotatable bonds is 10. The topological polar surface area (TPSA) is 20.2 Å². The highest BCUT2D eigenvalue weighted by atomic mass is 16.3. The molecule has 1 aromatic rings. The van der Waals surface area contributed by atoms with E-state index in [1.807, 2.05) is 6.07 Å². The van der Waals surface area contributed by atoms with Crippen LogP contribution in [-0.4, -0.2) is 5.11 Å². The van der Waals surface area contributed by atoms with Crippen LogP contribution < -0.4 is 0 Å². The van der Waals surface area contributed by atoms with Crippen LogP contribution >= 0.6 is 0 Å². The van der Waals surface area contributed by atoms with Crippen molar-refractivity contribution in [3.05, 3.63) is 29.3 Å². The summed E-state index contributed by atoms with van der Waals surface area (Å²) in [7, 11) is 0. The summed E-state index contributed by atoms with van der Waals surface area (Å²) >= 11 is 0. The zero-order valence-electron chi connectivity index (χ0n) is 16.3. The predicted octanol–water partition coefficient (Wildman–Crippen LogP) is 7.11. The van der Waals surface area contributed by atoms with Crippen LogP contribution in [0.4, 0.5) is 0 Å². The summed E-state index contributed by atoms with van der Waals surface area (Å²) in [6.45, 7) is 13.7. The number of phenols is 1. The standard InChI is InChI=1S/C22H38O/c1-7-9-11-15-21(3,4)18-13-14-20(23)19(17-18)22(5,6)16-12-10-8-2/h13-14,17,23H,7-12,15-16H2,1-6H3. The molecule has 0 unspecified atom stereocenters. The van der Waals surface area contributed by atoms with Crippen LogP contribution in [0.15, 0.2) is 18.2 Å². The monoisotopic (exact) mass is 318 g/mol. The molecule has 0 radical (unpaired) electrons. The summed E-state index contributed by atoms with van der Waals surface area (Å²) in [4.78, 5) is 0. The maximum absolute atomic E-state index is 10.4. The van der Waals surface area contributed by atoms with Crippen molar-refractivity contribution in [3.63, 3.8) is 0 Å². The minimum atomic E-state index is 0.0365. The molecule has 0 saturated heterocycles. The van der Waals surface area contributed by atoms with E-state index in [4.69, 9.17) is 0 Å². The van der Waals surface area contributed by atoms with E-state index in [-0.39, 0.29) is 10.8 Å². The lowest BCUT2D eigenvalue weighted by molar-refractivity contribution is 0.403. The summed E-state index contributed by atoms with van der Waals surface area (Å²) < 4.78 is 0. The average molecular weight is 319 g/mol. The Bertz CT molecular complexity index is 471. The van der Waals surface area contributed by atoms with Crippen molar-refractivity contribution in [3.8, 4) is 5.75 Å². The predicted molar refractivity (Wildman–Crippen MR) is 102 cm³/mol. The van der Waals surface area contributed by atoms with Gasteiger partial charge in [0.1, 0.15) is 5.75 Å². The fourth-order valence-corrected chi connectivity index (χ4v) is 3.41. The largest absolute Gasteiger partial charge is 0.508 e. The Morgan fingerprint density at radius 2 is 1.30 bits per heavy atom. The molecule has 0 aliphatic rings. The van der Waals surface area contributed by atoms with E-state index in [9.17, 15) is 5.11 Å². The normalized spacial score (nSPS) is 12.6. The number of hydrogen-bond donors (Lipinski definition) is 1. The van der Waals surface area contributed by atoms with Gasteiger partial charge >= 0.3 is 0 Å². The van der Waals surface area contributed by atoms with Gasteiger partial charge in [0.25, 0.3) is 0 Å². The van der Waals surface area contributed by atoms with Crippen LogP contribution in [0.2, 0.25) is 0 Å². The Balaban J connectivity index is 2.97. The summed E-state index contributed by atoms with van der Waals surface area (Å²) in [6.07, 6.45) is 9.93. The second-order valence-electron chi connectivity index (χ2n) is 8.41. The molecule has 1 nitrogen and oxygen atoms in total. The van der Waals surface area contributed by atoms with Gasteiger partial charge in [0, 0.05) is 0 Å². The summed E-state index contributed by atoms with van der Waals surface area (Å²) in [5.74, 6) is 0.458. The minimum absolute atomic E-state index is 0.0365. The Hall–Kier alpha value is -0.980. The van der Waals surface area contributed by atoms with Gasteiger partial charge in [-0.15, -0.1) is 0 Å². The maximum Gasteiger partial charge on any atom is 0.119 e. The Morgan fingerprint density at radius 3 is 1.83 bits per heavy atom. The fourth-order valence-electron chi connectivity index (χ4n) is 3.41. The zero-order chi connectivity index (χ0) is 17.5. The fraction of sp³-hybridized carbons (Fsp3) is 0.727. The Morgan fingerprint density at radius 1 is 0.783 bits per heavy atom. The van der Waals surface area contributed by atoms with E-state index in [1.165, 1.54) is 50.5 Å². The van der Waals surface area contributed by atoms with E-state index < -0.39 is 0 Å². The lowest BCUT2D eigenvalue weighted by Crippen LogP contribution is -2.21. The van der Waals surface area contributed by atoms with E-state index in [1.54, 1.807) is 0 Å². The van der Waals surface area contributed by atoms with E-state index in [0.29, 0.717) is 5.75 Å². The molecule has 1 rings (SSSR count). The maximum atomic E-state index is 10.4. The van der Waals surface area contributed by atoms with Crippen LogP contribution in [0.5, 0.6) is 5.75 Å². The van der Waals surface area contributed by atoms with Crippen molar-refractivity contribution in [1.29, 1.82) is 0 Å². The van der Waals surface area contributed by atoms with Crippen LogP contribution in [0.1, 0.15) is 104 Å². The molecule has 0 heterocycles. The number of benzene rings is 1. The van der Waals surface area contributed by atoms with E-state index in [2.05, 4.69) is 53.7 Å². The van der Waals surface area contributed by atoms with Gasteiger partial charge < -0.3 is 5.11 Å². The van der Waals surface area contributed by atoms with Crippen molar-refractivity contribution >= 4 is 0 Å². The first-order chi connectivity index (χ1) is 10.7. The van der Waals surface area contributed by atoms with Gasteiger partial charge in [-0.2, -0.15) is 0 Å². The van der Waals surface area contributed by atoms with Gasteiger partial charge in [0.2, 0.25) is 0 Å². The Labute approximate surface area is 144 Å². The van der Waals surface area contributed by atoms with Crippen molar-refractivity contribution in [1.82, 2.24) is 0 Å². The molecule has 0 aliphatic carbocycles. The van der Waals surface area contributed by atoms with Crippen molar-refractivity contribution in [2.45, 2.75) is 104 Å². The molecule has 0 aromatic heterocycles. The first-order valence-corrected chi connectivity index (χ1v) is 9.58. The van der Waals surface area contributed by atoms with Crippen molar-refractivity contribution in [2.24, 2.45) is 0 Å². The minimum Gasteiger partial charge on any atom is -0.508 e. The third kappa shape index (κ3) is 5.86. The molecule has 0 bridgehead atoms. The smallest absolute Gasteiger partial charge is 0.119 e. The second-order valence-corrected chi connectivity index (χ2v) is 8.41. The molecule has 0 saturated carbocycles. The summed E-state index contributed by atoms with van der Waals surface area (Å²) in [6, 6.07) is 6.30. The Kier molecular flexibility index (Phi) is 7.64. The molecular weight excluding hydrogens is 280 g/mol. The van der Waals surface area contributed by atoms with E-state index in [0.717, 1.165) is 12.0 Å². The molecule has 1 aromatic carbocycles. The third-order valence-corrected chi connectivity index (χ3v) is 5.32. The number of hydrogen-bond acceptors (Lipinski definition) is 1. The number of unbranched alkanes of at least 4 members (excludes halogenated alkanes) is 4. The SMILES string of the molecule is CCCCCC(C)(C)c1ccc(O)c(C(C)(C)CCCCC)c1. The third-order valence-electron chi connectivity index (χ3n) is 5.32. The van der Waals surface area contributed by atoms with Gasteiger partial charge in [0.15, 0.2) is 0 Å². The van der Waals surface area contributed by atoms with Gasteiger partial charge in [-0.1, -0.05) is 92.2 Å². The van der Waals surface area contributed by atoms with Crippen LogP contribution in [0.3, 0.4) is 0 Å². The highest BCUT2D eigenvalue weighted by Gasteiger charge is 2.27. The van der Waals surface area contributed by atoms with E-state index >= 15 is 0 Å². The first-order valence-electron chi connectivity index (χ1n) is 9.58. The molecule has 0 atom stereocenters. The van der Waals surface area contributed by atoms with Gasteiger partial charge in [-0.25, -0.2) is 0 Å². The molecule has 1 heteroatoms. The highest BCUT2D eigenvalue weighted by molar-refractivity contribution is 5.43. The van der Waals surface area contributed by atoms with Crippen molar-refractivity contribution < 1.29 is 5.11 Å². The average Bonchev–Trinajstić information content (AvgIpc) is 2.47. The molecule has 0 spiro atoms. The molecule has 132 valence electrons. The quantitative estimate of drug-likeness (QED) is 0.456. The molecule has 0 aliphatic heterocycles. The summed E-state index contributed by atoms with van der Waals surface area (Å²) in [5, 5.41) is 10.4. The zero-order valence-corrected chi connectivity index (χ0v) is 16.3. The van der Waals surface area contributed by atoms with Gasteiger partial charge in [-0.3, -0.25) is 0 Å². The second kappa shape index (κ2) is 8.76. The van der Waals surface area contributed by atoms with Crippen LogP contribution in [-0.2, 0) is 10.8 Å².